The number of aromatic amines is 1. The van der Waals surface area contributed by atoms with Crippen molar-refractivity contribution >= 4 is 11.9 Å². The Bertz CT molecular complexity index is 650. The molecule has 112 valence electrons. The number of H-pyrrole nitrogens is 1. The molecule has 2 aromatic heterocycles. The molecule has 6 nitrogen and oxygen atoms in total. The van der Waals surface area contributed by atoms with Crippen molar-refractivity contribution in [3.8, 4) is 0 Å². The lowest BCUT2D eigenvalue weighted by molar-refractivity contribution is -0.141. The number of nitrogens with one attached hydrogen (secondary N) is 2. The molecule has 0 aromatic carbocycles. The standard InChI is InChI=1S/C12H12F3N5O/c1-6(2)9-17-11(20-19-9)18-10(21)7-4-3-5-16-8(7)12(13,14)15/h3-6H,1-2H3,(H2,17,18,19,20,21). The van der Waals surface area contributed by atoms with Gasteiger partial charge < -0.3 is 0 Å². The number of carbonyl (C=O) groups is 1. The highest BCUT2D eigenvalue weighted by atomic mass is 19.4. The number of aromatic nitrogens is 4. The third-order valence-corrected chi connectivity index (χ3v) is 2.60. The molecule has 0 spiro atoms. The first-order valence-corrected chi connectivity index (χ1v) is 6.05. The van der Waals surface area contributed by atoms with Crippen LogP contribution in [0.3, 0.4) is 0 Å². The van der Waals surface area contributed by atoms with E-state index in [1.165, 1.54) is 6.07 Å². The van der Waals surface area contributed by atoms with Gasteiger partial charge in [0, 0.05) is 12.1 Å². The fourth-order valence-electron chi connectivity index (χ4n) is 1.57. The molecular weight excluding hydrogens is 287 g/mol. The fraction of sp³-hybridized carbons (Fsp3) is 0.333. The van der Waals surface area contributed by atoms with E-state index >= 15 is 0 Å². The second-order valence-corrected chi connectivity index (χ2v) is 4.55. The molecule has 1 amide bonds. The first-order valence-electron chi connectivity index (χ1n) is 6.05. The van der Waals surface area contributed by atoms with Crippen molar-refractivity contribution in [1.82, 2.24) is 20.2 Å². The van der Waals surface area contributed by atoms with E-state index in [0.717, 1.165) is 12.3 Å². The summed E-state index contributed by atoms with van der Waals surface area (Å²) in [6, 6.07) is 2.29. The van der Waals surface area contributed by atoms with Gasteiger partial charge >= 0.3 is 6.18 Å². The van der Waals surface area contributed by atoms with Gasteiger partial charge in [-0.2, -0.15) is 18.2 Å². The Balaban J connectivity index is 2.24. The summed E-state index contributed by atoms with van der Waals surface area (Å²) in [5, 5.41) is 8.53. The zero-order valence-electron chi connectivity index (χ0n) is 11.2. The first kappa shape index (κ1) is 14.9. The molecule has 0 saturated heterocycles. The Morgan fingerprint density at radius 1 is 1.38 bits per heavy atom. The van der Waals surface area contributed by atoms with Gasteiger partial charge in [0.05, 0.1) is 5.56 Å². The summed E-state index contributed by atoms with van der Waals surface area (Å²) < 4.78 is 38.3. The molecule has 0 aliphatic carbocycles. The average molecular weight is 299 g/mol. The fourth-order valence-corrected chi connectivity index (χ4v) is 1.57. The Morgan fingerprint density at radius 3 is 2.67 bits per heavy atom. The monoisotopic (exact) mass is 299 g/mol. The topological polar surface area (TPSA) is 83.6 Å². The van der Waals surface area contributed by atoms with E-state index in [1.807, 2.05) is 13.8 Å². The third kappa shape index (κ3) is 3.36. The Labute approximate surface area is 117 Å². The molecule has 2 rings (SSSR count). The van der Waals surface area contributed by atoms with Gasteiger partial charge in [-0.1, -0.05) is 13.8 Å². The van der Waals surface area contributed by atoms with Crippen LogP contribution in [-0.2, 0) is 6.18 Å². The number of halogens is 3. The molecule has 2 N–H and O–H groups in total. The minimum Gasteiger partial charge on any atom is -0.289 e. The van der Waals surface area contributed by atoms with E-state index in [1.54, 1.807) is 0 Å². The second-order valence-electron chi connectivity index (χ2n) is 4.55. The average Bonchev–Trinajstić information content (AvgIpc) is 2.86. The highest BCUT2D eigenvalue weighted by Crippen LogP contribution is 2.30. The number of amides is 1. The van der Waals surface area contributed by atoms with Crippen LogP contribution in [0, 0.1) is 0 Å². The van der Waals surface area contributed by atoms with Crippen LogP contribution in [0.5, 0.6) is 0 Å². The molecule has 0 saturated carbocycles. The molecule has 0 aliphatic rings. The van der Waals surface area contributed by atoms with Crippen LogP contribution in [0.1, 0.15) is 41.6 Å². The minimum absolute atomic E-state index is 0.0484. The summed E-state index contributed by atoms with van der Waals surface area (Å²) >= 11 is 0. The van der Waals surface area contributed by atoms with Crippen molar-refractivity contribution in [3.05, 3.63) is 35.4 Å². The van der Waals surface area contributed by atoms with Gasteiger partial charge in [-0.25, -0.2) is 0 Å². The van der Waals surface area contributed by atoms with Crippen LogP contribution in [0.4, 0.5) is 19.1 Å². The zero-order chi connectivity index (χ0) is 15.6. The molecule has 0 radical (unpaired) electrons. The van der Waals surface area contributed by atoms with Crippen molar-refractivity contribution in [2.24, 2.45) is 0 Å². The summed E-state index contributed by atoms with van der Waals surface area (Å²) in [5.41, 5.74) is -1.83. The zero-order valence-corrected chi connectivity index (χ0v) is 11.2. The first-order chi connectivity index (χ1) is 9.79. The second kappa shape index (κ2) is 5.51. The van der Waals surface area contributed by atoms with Crippen LogP contribution < -0.4 is 5.32 Å². The molecule has 9 heteroatoms. The van der Waals surface area contributed by atoms with E-state index in [4.69, 9.17) is 0 Å². The van der Waals surface area contributed by atoms with Crippen LogP contribution in [0.25, 0.3) is 0 Å². The molecule has 0 atom stereocenters. The van der Waals surface area contributed by atoms with E-state index in [2.05, 4.69) is 25.5 Å². The minimum atomic E-state index is -4.71. The molecule has 0 unspecified atom stereocenters. The van der Waals surface area contributed by atoms with E-state index < -0.39 is 23.3 Å². The van der Waals surface area contributed by atoms with Gasteiger partial charge in [0.2, 0.25) is 5.95 Å². The van der Waals surface area contributed by atoms with Crippen LogP contribution in [-0.4, -0.2) is 26.1 Å². The lowest BCUT2D eigenvalue weighted by Gasteiger charge is -2.10. The van der Waals surface area contributed by atoms with Crippen molar-refractivity contribution in [2.45, 2.75) is 25.9 Å². The number of pyridine rings is 1. The molecule has 0 bridgehead atoms. The Kier molecular flexibility index (Phi) is 3.92. The summed E-state index contributed by atoms with van der Waals surface area (Å²) in [7, 11) is 0. The van der Waals surface area contributed by atoms with Crippen LogP contribution in [0.15, 0.2) is 18.3 Å². The van der Waals surface area contributed by atoms with Gasteiger partial charge in [0.25, 0.3) is 5.91 Å². The molecule has 0 fully saturated rings. The molecule has 2 heterocycles. The summed E-state index contributed by atoms with van der Waals surface area (Å²) in [4.78, 5) is 19.1. The third-order valence-electron chi connectivity index (χ3n) is 2.60. The van der Waals surface area contributed by atoms with Crippen molar-refractivity contribution < 1.29 is 18.0 Å². The van der Waals surface area contributed by atoms with Gasteiger partial charge in [-0.15, -0.1) is 5.10 Å². The van der Waals surface area contributed by atoms with E-state index in [-0.39, 0.29) is 11.9 Å². The Morgan fingerprint density at radius 2 is 2.10 bits per heavy atom. The lowest BCUT2D eigenvalue weighted by Crippen LogP contribution is -2.20. The molecule has 2 aromatic rings. The number of hydrogen-bond acceptors (Lipinski definition) is 4. The maximum Gasteiger partial charge on any atom is 0.434 e. The molecular formula is C12H12F3N5O. The van der Waals surface area contributed by atoms with Gasteiger partial charge in [0.1, 0.15) is 5.82 Å². The maximum absolute atomic E-state index is 12.8. The van der Waals surface area contributed by atoms with Gasteiger partial charge in [-0.05, 0) is 12.1 Å². The summed E-state index contributed by atoms with van der Waals surface area (Å²) in [5.74, 6) is -0.481. The smallest absolute Gasteiger partial charge is 0.289 e. The largest absolute Gasteiger partial charge is 0.434 e. The normalized spacial score (nSPS) is 11.7. The van der Waals surface area contributed by atoms with Crippen molar-refractivity contribution in [1.29, 1.82) is 0 Å². The van der Waals surface area contributed by atoms with Crippen molar-refractivity contribution in [3.63, 3.8) is 0 Å². The van der Waals surface area contributed by atoms with Crippen LogP contribution >= 0.6 is 0 Å². The van der Waals surface area contributed by atoms with Crippen molar-refractivity contribution in [2.75, 3.05) is 5.32 Å². The highest BCUT2D eigenvalue weighted by Gasteiger charge is 2.37. The maximum atomic E-state index is 12.8. The Hall–Kier alpha value is -2.45. The quantitative estimate of drug-likeness (QED) is 0.912. The highest BCUT2D eigenvalue weighted by molar-refractivity contribution is 6.04. The number of anilines is 1. The molecule has 0 aliphatic heterocycles. The number of rotatable bonds is 3. The number of carbonyl (C=O) groups excluding carboxylic acids is 1. The van der Waals surface area contributed by atoms with Gasteiger partial charge in [-0.3, -0.25) is 20.2 Å². The predicted octanol–water partition coefficient (Wildman–Crippen LogP) is 2.59. The van der Waals surface area contributed by atoms with Crippen LogP contribution in [0.2, 0.25) is 0 Å². The lowest BCUT2D eigenvalue weighted by atomic mass is 10.1. The number of alkyl halides is 3. The van der Waals surface area contributed by atoms with E-state index in [9.17, 15) is 18.0 Å². The van der Waals surface area contributed by atoms with E-state index in [0.29, 0.717) is 5.82 Å². The SMILES string of the molecule is CC(C)c1nc(NC(=O)c2cccnc2C(F)(F)F)n[nH]1. The summed E-state index contributed by atoms with van der Waals surface area (Å²) in [6.45, 7) is 3.71. The predicted molar refractivity (Wildman–Crippen MR) is 67.7 cm³/mol. The number of nitrogens with zero attached hydrogens (tertiary/aromatic N) is 3. The van der Waals surface area contributed by atoms with Gasteiger partial charge in [0.15, 0.2) is 5.69 Å². The molecule has 21 heavy (non-hydrogen) atoms. The summed E-state index contributed by atoms with van der Waals surface area (Å²) in [6.07, 6.45) is -3.74. The number of hydrogen-bond donors (Lipinski definition) is 2.